The van der Waals surface area contributed by atoms with Gasteiger partial charge in [-0.3, -0.25) is 4.79 Å². The summed E-state index contributed by atoms with van der Waals surface area (Å²) in [6, 6.07) is 11.3. The molecule has 2 aromatic carbocycles. The number of phenolic OH excluding ortho intramolecular Hbond substituents is 1. The maximum absolute atomic E-state index is 14.0. The number of urea groups is 1. The van der Waals surface area contributed by atoms with Gasteiger partial charge in [-0.1, -0.05) is 18.2 Å². The Morgan fingerprint density at radius 1 is 0.891 bits per heavy atom. The fraction of sp³-hybridized carbons (Fsp3) is 0.559. The summed E-state index contributed by atoms with van der Waals surface area (Å²) in [6.45, 7) is 4.97. The SMILES string of the molecule is O=C(O[C@H](Cc1cc(Br)c(O)c(Br)c1)C(=O)N1CCC(C2CCNCC2)CC1)N1CCC(N2CCc3ccccc3NC2=O)CC1. The summed E-state index contributed by atoms with van der Waals surface area (Å²) >= 11 is 6.77. The van der Waals surface area contributed by atoms with Crippen molar-refractivity contribution in [1.29, 1.82) is 0 Å². The van der Waals surface area contributed by atoms with Gasteiger partial charge in [-0.05, 0) is 131 Å². The van der Waals surface area contributed by atoms with Gasteiger partial charge in [0.25, 0.3) is 5.91 Å². The molecule has 2 aromatic rings. The lowest BCUT2D eigenvalue weighted by Gasteiger charge is -2.39. The standard InChI is InChI=1S/C34H43Br2N5O5/c35-27-19-22(20-28(36)31(27)42)21-30(32(43)39-14-7-24(8-15-39)23-5-12-37-13-6-23)46-34(45)40-16-10-26(11-17-40)41-18-9-25-3-1-2-4-29(25)38-33(41)44/h1-4,19-20,23-24,26,30,37,42H,5-18,21H2,(H,38,44)/t30-/m1/s1. The molecule has 3 saturated heterocycles. The Labute approximate surface area is 287 Å². The molecule has 0 bridgehead atoms. The number of hydrogen-bond acceptors (Lipinski definition) is 6. The van der Waals surface area contributed by atoms with Crippen LogP contribution in [-0.2, 0) is 22.4 Å². The van der Waals surface area contributed by atoms with Crippen LogP contribution in [0.5, 0.6) is 5.75 Å². The van der Waals surface area contributed by atoms with Crippen molar-refractivity contribution in [2.75, 3.05) is 51.1 Å². The number of para-hydroxylation sites is 1. The maximum Gasteiger partial charge on any atom is 0.410 e. The van der Waals surface area contributed by atoms with Crippen molar-refractivity contribution in [1.82, 2.24) is 20.0 Å². The van der Waals surface area contributed by atoms with Gasteiger partial charge in [0.2, 0.25) is 0 Å². The molecule has 4 aliphatic rings. The van der Waals surface area contributed by atoms with Crippen molar-refractivity contribution in [3.05, 3.63) is 56.5 Å². The maximum atomic E-state index is 14.0. The third-order valence-electron chi connectivity index (χ3n) is 10.2. The third kappa shape index (κ3) is 7.65. The monoisotopic (exact) mass is 759 g/mol. The van der Waals surface area contributed by atoms with E-state index in [2.05, 4.69) is 42.5 Å². The lowest BCUT2D eigenvalue weighted by atomic mass is 9.79. The van der Waals surface area contributed by atoms with E-state index in [-0.39, 0.29) is 30.2 Å². The molecule has 46 heavy (non-hydrogen) atoms. The second-order valence-electron chi connectivity index (χ2n) is 13.0. The second kappa shape index (κ2) is 14.9. The lowest BCUT2D eigenvalue weighted by Crippen LogP contribution is -2.52. The van der Waals surface area contributed by atoms with Gasteiger partial charge in [-0.15, -0.1) is 0 Å². The Morgan fingerprint density at radius 3 is 2.22 bits per heavy atom. The van der Waals surface area contributed by atoms with Crippen LogP contribution in [0.3, 0.4) is 0 Å². The third-order valence-corrected chi connectivity index (χ3v) is 11.4. The van der Waals surface area contributed by atoms with Crippen LogP contribution >= 0.6 is 31.9 Å². The van der Waals surface area contributed by atoms with Crippen molar-refractivity contribution < 1.29 is 24.2 Å². The Kier molecular flexibility index (Phi) is 10.7. The van der Waals surface area contributed by atoms with Crippen LogP contribution < -0.4 is 10.6 Å². The number of rotatable bonds is 6. The van der Waals surface area contributed by atoms with Crippen LogP contribution in [0.4, 0.5) is 15.3 Å². The van der Waals surface area contributed by atoms with E-state index in [1.165, 1.54) is 12.8 Å². The average molecular weight is 762 g/mol. The van der Waals surface area contributed by atoms with E-state index in [0.29, 0.717) is 66.3 Å². The number of amides is 4. The highest BCUT2D eigenvalue weighted by Gasteiger charge is 2.36. The number of carbonyl (C=O) groups is 3. The molecule has 0 spiro atoms. The normalized spacial score (nSPS) is 20.9. The first kappa shape index (κ1) is 33.1. The predicted octanol–water partition coefficient (Wildman–Crippen LogP) is 5.76. The average Bonchev–Trinajstić information content (AvgIpc) is 3.25. The number of piperidine rings is 3. The summed E-state index contributed by atoms with van der Waals surface area (Å²) in [6.07, 6.45) is 5.07. The second-order valence-corrected chi connectivity index (χ2v) is 14.7. The van der Waals surface area contributed by atoms with Crippen molar-refractivity contribution in [3.63, 3.8) is 0 Å². The van der Waals surface area contributed by atoms with E-state index in [1.54, 1.807) is 17.0 Å². The number of benzene rings is 2. The van der Waals surface area contributed by atoms with Gasteiger partial charge in [0.05, 0.1) is 8.95 Å². The number of halogens is 2. The van der Waals surface area contributed by atoms with Crippen molar-refractivity contribution in [2.45, 2.75) is 63.5 Å². The summed E-state index contributed by atoms with van der Waals surface area (Å²) in [5, 5.41) is 16.7. The van der Waals surface area contributed by atoms with Crippen molar-refractivity contribution >= 4 is 55.6 Å². The number of aromatic hydroxyl groups is 1. The fourth-order valence-electron chi connectivity index (χ4n) is 7.53. The van der Waals surface area contributed by atoms with Gasteiger partial charge in [0, 0.05) is 50.9 Å². The zero-order valence-electron chi connectivity index (χ0n) is 26.1. The molecule has 0 aromatic heterocycles. The molecular weight excluding hydrogens is 718 g/mol. The zero-order valence-corrected chi connectivity index (χ0v) is 29.2. The van der Waals surface area contributed by atoms with E-state index < -0.39 is 12.2 Å². The molecule has 248 valence electrons. The van der Waals surface area contributed by atoms with E-state index in [4.69, 9.17) is 4.74 Å². The molecule has 6 rings (SSSR count). The van der Waals surface area contributed by atoms with Crippen molar-refractivity contribution in [2.24, 2.45) is 11.8 Å². The van der Waals surface area contributed by atoms with Gasteiger partial charge in [-0.25, -0.2) is 9.59 Å². The fourth-order valence-corrected chi connectivity index (χ4v) is 8.82. The molecule has 3 N–H and O–H groups in total. The van der Waals surface area contributed by atoms with E-state index in [0.717, 1.165) is 49.2 Å². The summed E-state index contributed by atoms with van der Waals surface area (Å²) in [7, 11) is 0. The Hall–Kier alpha value is -2.83. The molecule has 4 aliphatic heterocycles. The first-order valence-electron chi connectivity index (χ1n) is 16.5. The summed E-state index contributed by atoms with van der Waals surface area (Å²) in [5.41, 5.74) is 2.74. The van der Waals surface area contributed by atoms with Crippen molar-refractivity contribution in [3.8, 4) is 5.75 Å². The summed E-state index contributed by atoms with van der Waals surface area (Å²) in [5.74, 6) is 1.23. The molecule has 10 nitrogen and oxygen atoms in total. The summed E-state index contributed by atoms with van der Waals surface area (Å²) < 4.78 is 7.03. The molecule has 12 heteroatoms. The minimum Gasteiger partial charge on any atom is -0.506 e. The molecule has 3 fully saturated rings. The molecule has 0 saturated carbocycles. The first-order valence-corrected chi connectivity index (χ1v) is 18.1. The lowest BCUT2D eigenvalue weighted by molar-refractivity contribution is -0.142. The van der Waals surface area contributed by atoms with Gasteiger partial charge in [0.1, 0.15) is 5.75 Å². The van der Waals surface area contributed by atoms with Gasteiger partial charge in [-0.2, -0.15) is 0 Å². The van der Waals surface area contributed by atoms with E-state index in [1.807, 2.05) is 34.1 Å². The van der Waals surface area contributed by atoms with Gasteiger partial charge >= 0.3 is 12.1 Å². The van der Waals surface area contributed by atoms with Crippen LogP contribution in [-0.4, -0.2) is 95.8 Å². The largest absolute Gasteiger partial charge is 0.506 e. The molecule has 1 atom stereocenters. The predicted molar refractivity (Wildman–Crippen MR) is 183 cm³/mol. The molecule has 4 amide bonds. The van der Waals surface area contributed by atoms with E-state index >= 15 is 0 Å². The highest BCUT2D eigenvalue weighted by atomic mass is 79.9. The smallest absolute Gasteiger partial charge is 0.410 e. The van der Waals surface area contributed by atoms with Crippen LogP contribution in [0.2, 0.25) is 0 Å². The Balaban J connectivity index is 1.09. The number of ether oxygens (including phenoxy) is 1. The van der Waals surface area contributed by atoms with Crippen LogP contribution in [0.25, 0.3) is 0 Å². The number of nitrogens with one attached hydrogen (secondary N) is 2. The molecule has 0 radical (unpaired) electrons. The molecular formula is C34H43Br2N5O5. The topological polar surface area (TPSA) is 114 Å². The summed E-state index contributed by atoms with van der Waals surface area (Å²) in [4.78, 5) is 46.0. The minimum absolute atomic E-state index is 0.0173. The Bertz CT molecular complexity index is 1400. The highest BCUT2D eigenvalue weighted by molar-refractivity contribution is 9.11. The molecule has 0 aliphatic carbocycles. The minimum atomic E-state index is -0.987. The number of fused-ring (bicyclic) bond motifs is 1. The first-order chi connectivity index (χ1) is 22.3. The number of anilines is 1. The van der Waals surface area contributed by atoms with Crippen LogP contribution in [0, 0.1) is 11.8 Å². The number of likely N-dealkylation sites (tertiary alicyclic amines) is 2. The number of hydrogen-bond donors (Lipinski definition) is 3. The van der Waals surface area contributed by atoms with Gasteiger partial charge in [0.15, 0.2) is 6.10 Å². The Morgan fingerprint density at radius 2 is 1.52 bits per heavy atom. The van der Waals surface area contributed by atoms with Gasteiger partial charge < -0.3 is 35.2 Å². The quantitative estimate of drug-likeness (QED) is 0.346. The van der Waals surface area contributed by atoms with E-state index in [9.17, 15) is 19.5 Å². The zero-order chi connectivity index (χ0) is 32.2. The highest BCUT2D eigenvalue weighted by Crippen LogP contribution is 2.35. The molecule has 0 unspecified atom stereocenters. The number of carbonyl (C=O) groups excluding carboxylic acids is 3. The van der Waals surface area contributed by atoms with Crippen LogP contribution in [0.15, 0.2) is 45.3 Å². The molecule has 4 heterocycles. The number of nitrogens with zero attached hydrogens (tertiary/aromatic N) is 3. The number of phenols is 1. The van der Waals surface area contributed by atoms with Crippen LogP contribution in [0.1, 0.15) is 49.7 Å².